The molecule has 21 heavy (non-hydrogen) atoms. The summed E-state index contributed by atoms with van der Waals surface area (Å²) in [6.45, 7) is 4.47. The van der Waals surface area contributed by atoms with E-state index in [-0.39, 0.29) is 0 Å². The summed E-state index contributed by atoms with van der Waals surface area (Å²) in [5.41, 5.74) is 3.66. The van der Waals surface area contributed by atoms with E-state index in [4.69, 9.17) is 4.74 Å². The summed E-state index contributed by atoms with van der Waals surface area (Å²) in [4.78, 5) is 3.21. The number of hydrogen-bond acceptors (Lipinski definition) is 1. The zero-order valence-electron chi connectivity index (χ0n) is 12.0. The minimum Gasteiger partial charge on any atom is -0.493 e. The molecule has 2 aromatic carbocycles. The van der Waals surface area contributed by atoms with Crippen molar-refractivity contribution in [2.75, 3.05) is 6.61 Å². The quantitative estimate of drug-likeness (QED) is 0.658. The molecule has 2 nitrogen and oxygen atoms in total. The second-order valence-corrected chi connectivity index (χ2v) is 5.10. The summed E-state index contributed by atoms with van der Waals surface area (Å²) >= 11 is 0. The molecule has 1 aromatic heterocycles. The SMILES string of the molecule is C=CCc1ccccc1OCCc1ccc2[nH]ccc2c1. The molecule has 1 heterocycles. The highest BCUT2D eigenvalue weighted by Crippen LogP contribution is 2.19. The molecule has 0 fully saturated rings. The first-order chi connectivity index (χ1) is 10.4. The molecule has 0 spiro atoms. The van der Waals surface area contributed by atoms with Gasteiger partial charge in [0.05, 0.1) is 6.61 Å². The topological polar surface area (TPSA) is 25.0 Å². The van der Waals surface area contributed by atoms with Gasteiger partial charge in [0.25, 0.3) is 0 Å². The van der Waals surface area contributed by atoms with Crippen LogP contribution in [0.15, 0.2) is 67.4 Å². The van der Waals surface area contributed by atoms with Crippen molar-refractivity contribution in [2.24, 2.45) is 0 Å². The van der Waals surface area contributed by atoms with Crippen molar-refractivity contribution >= 4 is 10.9 Å². The van der Waals surface area contributed by atoms with Gasteiger partial charge >= 0.3 is 0 Å². The summed E-state index contributed by atoms with van der Waals surface area (Å²) in [6, 6.07) is 16.7. The maximum atomic E-state index is 5.93. The first-order valence-corrected chi connectivity index (χ1v) is 7.24. The van der Waals surface area contributed by atoms with Crippen molar-refractivity contribution in [1.29, 1.82) is 0 Å². The molecule has 0 atom stereocenters. The predicted octanol–water partition coefficient (Wildman–Crippen LogP) is 4.52. The van der Waals surface area contributed by atoms with Crippen molar-refractivity contribution in [3.63, 3.8) is 0 Å². The maximum absolute atomic E-state index is 5.93. The Morgan fingerprint density at radius 2 is 2.00 bits per heavy atom. The van der Waals surface area contributed by atoms with Crippen LogP contribution in [0.25, 0.3) is 10.9 Å². The summed E-state index contributed by atoms with van der Waals surface area (Å²) in [5.74, 6) is 0.958. The van der Waals surface area contributed by atoms with Gasteiger partial charge in [-0.25, -0.2) is 0 Å². The number of aromatic nitrogens is 1. The van der Waals surface area contributed by atoms with Crippen molar-refractivity contribution < 1.29 is 4.74 Å². The normalized spacial score (nSPS) is 10.7. The molecule has 0 saturated carbocycles. The Morgan fingerprint density at radius 1 is 1.10 bits per heavy atom. The molecule has 0 amide bonds. The summed E-state index contributed by atoms with van der Waals surface area (Å²) in [5, 5.41) is 1.25. The minimum absolute atomic E-state index is 0.685. The van der Waals surface area contributed by atoms with Crippen LogP contribution in [0.2, 0.25) is 0 Å². The standard InChI is InChI=1S/C19H19NO/c1-2-5-16-6-3-4-7-19(16)21-13-11-15-8-9-18-17(14-15)10-12-20-18/h2-4,6-10,12,14,20H,1,5,11,13H2. The number of aromatic amines is 1. The van der Waals surface area contributed by atoms with Gasteiger partial charge in [-0.2, -0.15) is 0 Å². The monoisotopic (exact) mass is 277 g/mol. The number of fused-ring (bicyclic) bond motifs is 1. The maximum Gasteiger partial charge on any atom is 0.122 e. The average Bonchev–Trinajstić information content (AvgIpc) is 2.97. The van der Waals surface area contributed by atoms with E-state index in [1.807, 2.05) is 30.5 Å². The van der Waals surface area contributed by atoms with E-state index < -0.39 is 0 Å². The third-order valence-electron chi connectivity index (χ3n) is 3.60. The van der Waals surface area contributed by atoms with Gasteiger partial charge in [0, 0.05) is 18.1 Å². The molecule has 0 radical (unpaired) electrons. The van der Waals surface area contributed by atoms with Gasteiger partial charge in [0.2, 0.25) is 0 Å². The second-order valence-electron chi connectivity index (χ2n) is 5.10. The molecule has 0 bridgehead atoms. The molecule has 106 valence electrons. The number of rotatable bonds is 6. The molecule has 1 N–H and O–H groups in total. The number of H-pyrrole nitrogens is 1. The van der Waals surface area contributed by atoms with Crippen LogP contribution in [-0.2, 0) is 12.8 Å². The molecule has 0 aliphatic rings. The smallest absolute Gasteiger partial charge is 0.122 e. The van der Waals surface area contributed by atoms with E-state index in [0.717, 1.165) is 18.6 Å². The molecule has 2 heteroatoms. The molecule has 3 rings (SSSR count). The van der Waals surface area contributed by atoms with E-state index in [0.29, 0.717) is 6.61 Å². The van der Waals surface area contributed by atoms with Crippen molar-refractivity contribution in [2.45, 2.75) is 12.8 Å². The van der Waals surface area contributed by atoms with E-state index in [9.17, 15) is 0 Å². The fourth-order valence-electron chi connectivity index (χ4n) is 2.51. The van der Waals surface area contributed by atoms with E-state index in [2.05, 4.69) is 41.9 Å². The van der Waals surface area contributed by atoms with Crippen LogP contribution in [0.5, 0.6) is 5.75 Å². The van der Waals surface area contributed by atoms with Crippen LogP contribution in [0, 0.1) is 0 Å². The van der Waals surface area contributed by atoms with Gasteiger partial charge in [-0.3, -0.25) is 0 Å². The van der Waals surface area contributed by atoms with Gasteiger partial charge in [0.15, 0.2) is 0 Å². The first-order valence-electron chi connectivity index (χ1n) is 7.24. The van der Waals surface area contributed by atoms with Crippen LogP contribution in [0.3, 0.4) is 0 Å². The zero-order chi connectivity index (χ0) is 14.5. The Kier molecular flexibility index (Phi) is 4.06. The molecular weight excluding hydrogens is 258 g/mol. The van der Waals surface area contributed by atoms with Crippen LogP contribution in [0.4, 0.5) is 0 Å². The van der Waals surface area contributed by atoms with Gasteiger partial charge < -0.3 is 9.72 Å². The van der Waals surface area contributed by atoms with Crippen molar-refractivity contribution in [1.82, 2.24) is 4.98 Å². The van der Waals surface area contributed by atoms with Gasteiger partial charge in [0.1, 0.15) is 5.75 Å². The lowest BCUT2D eigenvalue weighted by molar-refractivity contribution is 0.319. The lowest BCUT2D eigenvalue weighted by Crippen LogP contribution is -2.03. The lowest BCUT2D eigenvalue weighted by atomic mass is 10.1. The van der Waals surface area contributed by atoms with Crippen LogP contribution >= 0.6 is 0 Å². The molecule has 0 saturated heterocycles. The van der Waals surface area contributed by atoms with Gasteiger partial charge in [-0.05, 0) is 47.2 Å². The largest absolute Gasteiger partial charge is 0.493 e. The number of benzene rings is 2. The highest BCUT2D eigenvalue weighted by Gasteiger charge is 2.02. The first kappa shape index (κ1) is 13.5. The van der Waals surface area contributed by atoms with Gasteiger partial charge in [-0.1, -0.05) is 30.3 Å². The highest BCUT2D eigenvalue weighted by molar-refractivity contribution is 5.79. The van der Waals surface area contributed by atoms with Crippen molar-refractivity contribution in [3.05, 3.63) is 78.5 Å². The van der Waals surface area contributed by atoms with Crippen LogP contribution in [0.1, 0.15) is 11.1 Å². The van der Waals surface area contributed by atoms with E-state index in [1.54, 1.807) is 0 Å². The van der Waals surface area contributed by atoms with Crippen LogP contribution in [-0.4, -0.2) is 11.6 Å². The third kappa shape index (κ3) is 3.16. The van der Waals surface area contributed by atoms with Gasteiger partial charge in [-0.15, -0.1) is 6.58 Å². The predicted molar refractivity (Wildman–Crippen MR) is 87.8 cm³/mol. The summed E-state index contributed by atoms with van der Waals surface area (Å²) in [6.07, 6.45) is 5.62. The number of ether oxygens (including phenoxy) is 1. The molecule has 0 aliphatic carbocycles. The Hall–Kier alpha value is -2.48. The Balaban J connectivity index is 1.64. The van der Waals surface area contributed by atoms with Crippen molar-refractivity contribution in [3.8, 4) is 5.75 Å². The Morgan fingerprint density at radius 3 is 2.90 bits per heavy atom. The number of allylic oxidation sites excluding steroid dienone is 1. The Labute approximate surface area is 125 Å². The third-order valence-corrected chi connectivity index (χ3v) is 3.60. The fraction of sp³-hybridized carbons (Fsp3) is 0.158. The summed E-state index contributed by atoms with van der Waals surface area (Å²) in [7, 11) is 0. The van der Waals surface area contributed by atoms with Crippen LogP contribution < -0.4 is 4.74 Å². The molecule has 0 aliphatic heterocycles. The molecule has 3 aromatic rings. The zero-order valence-corrected chi connectivity index (χ0v) is 12.0. The molecule has 0 unspecified atom stereocenters. The second kappa shape index (κ2) is 6.31. The highest BCUT2D eigenvalue weighted by atomic mass is 16.5. The van der Waals surface area contributed by atoms with E-state index in [1.165, 1.54) is 22.0 Å². The Bertz CT molecular complexity index is 742. The lowest BCUT2D eigenvalue weighted by Gasteiger charge is -2.10. The number of hydrogen-bond donors (Lipinski definition) is 1. The average molecular weight is 277 g/mol. The minimum atomic E-state index is 0.685. The molecular formula is C19H19NO. The number of nitrogens with one attached hydrogen (secondary N) is 1. The summed E-state index contributed by atoms with van der Waals surface area (Å²) < 4.78 is 5.93. The van der Waals surface area contributed by atoms with E-state index >= 15 is 0 Å². The fourth-order valence-corrected chi connectivity index (χ4v) is 2.51. The number of para-hydroxylation sites is 1.